The average molecular weight is 280 g/mol. The van der Waals surface area contributed by atoms with Crippen molar-refractivity contribution < 1.29 is 4.79 Å². The van der Waals surface area contributed by atoms with Crippen LogP contribution in [-0.4, -0.2) is 28.4 Å². The topological polar surface area (TPSA) is 72.4 Å². The third-order valence-electron chi connectivity index (χ3n) is 3.22. The average Bonchev–Trinajstić information content (AvgIpc) is 2.96. The first-order valence-corrected chi connectivity index (χ1v) is 6.80. The van der Waals surface area contributed by atoms with Crippen LogP contribution < -0.4 is 11.1 Å². The molecule has 3 rings (SSSR count). The summed E-state index contributed by atoms with van der Waals surface area (Å²) < 4.78 is 1.90. The van der Waals surface area contributed by atoms with E-state index in [0.717, 1.165) is 16.9 Å². The van der Waals surface area contributed by atoms with Crippen LogP contribution in [0.1, 0.15) is 10.4 Å². The lowest BCUT2D eigenvalue weighted by Crippen LogP contribution is -2.28. The molecular formula is C16H16N4O. The Morgan fingerprint density at radius 2 is 2.05 bits per heavy atom. The van der Waals surface area contributed by atoms with Gasteiger partial charge in [-0.25, -0.2) is 4.98 Å². The van der Waals surface area contributed by atoms with Crippen LogP contribution in [0.4, 0.5) is 0 Å². The lowest BCUT2D eigenvalue weighted by molar-refractivity contribution is 0.0954. The molecule has 1 aromatic carbocycles. The highest BCUT2D eigenvalue weighted by Crippen LogP contribution is 2.19. The molecule has 2 aromatic heterocycles. The van der Waals surface area contributed by atoms with E-state index < -0.39 is 0 Å². The molecule has 106 valence electrons. The van der Waals surface area contributed by atoms with Crippen molar-refractivity contribution in [2.75, 3.05) is 13.1 Å². The summed E-state index contributed by atoms with van der Waals surface area (Å²) in [6, 6.07) is 13.5. The molecule has 0 radical (unpaired) electrons. The van der Waals surface area contributed by atoms with Gasteiger partial charge in [-0.15, -0.1) is 0 Å². The molecule has 0 aliphatic heterocycles. The van der Waals surface area contributed by atoms with Crippen molar-refractivity contribution in [2.45, 2.75) is 0 Å². The van der Waals surface area contributed by atoms with E-state index in [1.54, 1.807) is 12.1 Å². The molecule has 5 nitrogen and oxygen atoms in total. The van der Waals surface area contributed by atoms with Gasteiger partial charge in [0.15, 0.2) is 0 Å². The van der Waals surface area contributed by atoms with Crippen LogP contribution in [0.15, 0.2) is 54.9 Å². The number of nitrogens with zero attached hydrogens (tertiary/aromatic N) is 2. The highest BCUT2D eigenvalue weighted by molar-refractivity contribution is 5.95. The van der Waals surface area contributed by atoms with Crippen molar-refractivity contribution in [3.8, 4) is 11.3 Å². The SMILES string of the molecule is NCCNC(=O)c1ccn2cc(-c3ccccc3)nc2c1. The summed E-state index contributed by atoms with van der Waals surface area (Å²) in [5.74, 6) is -0.132. The molecule has 0 spiro atoms. The molecule has 2 heterocycles. The maximum Gasteiger partial charge on any atom is 0.251 e. The zero-order chi connectivity index (χ0) is 14.7. The number of carbonyl (C=O) groups is 1. The zero-order valence-corrected chi connectivity index (χ0v) is 11.5. The smallest absolute Gasteiger partial charge is 0.251 e. The standard InChI is InChI=1S/C16H16N4O/c17-7-8-18-16(21)13-6-9-20-11-14(19-15(20)10-13)12-4-2-1-3-5-12/h1-6,9-11H,7-8,17H2,(H,18,21). The summed E-state index contributed by atoms with van der Waals surface area (Å²) in [6.45, 7) is 0.892. The molecule has 0 aliphatic carbocycles. The molecule has 21 heavy (non-hydrogen) atoms. The summed E-state index contributed by atoms with van der Waals surface area (Å²) in [5.41, 5.74) is 8.65. The molecule has 1 amide bonds. The Bertz CT molecular complexity index is 764. The van der Waals surface area contributed by atoms with Gasteiger partial charge in [-0.1, -0.05) is 30.3 Å². The minimum atomic E-state index is -0.132. The summed E-state index contributed by atoms with van der Waals surface area (Å²) in [7, 11) is 0. The minimum Gasteiger partial charge on any atom is -0.351 e. The van der Waals surface area contributed by atoms with Crippen LogP contribution >= 0.6 is 0 Å². The fourth-order valence-corrected chi connectivity index (χ4v) is 2.16. The first kappa shape index (κ1) is 13.3. The molecule has 0 aliphatic rings. The van der Waals surface area contributed by atoms with Gasteiger partial charge < -0.3 is 15.5 Å². The Labute approximate surface area is 122 Å². The molecule has 0 saturated carbocycles. The quantitative estimate of drug-likeness (QED) is 0.764. The first-order valence-electron chi connectivity index (χ1n) is 6.80. The van der Waals surface area contributed by atoms with Crippen LogP contribution in [0.2, 0.25) is 0 Å². The number of nitrogens with two attached hydrogens (primary N) is 1. The predicted molar refractivity (Wildman–Crippen MR) is 82.0 cm³/mol. The number of imidazole rings is 1. The van der Waals surface area contributed by atoms with Gasteiger partial charge in [0.05, 0.1) is 5.69 Å². The summed E-state index contributed by atoms with van der Waals surface area (Å²) in [6.07, 6.45) is 3.79. The third-order valence-corrected chi connectivity index (χ3v) is 3.22. The van der Waals surface area contributed by atoms with Crippen molar-refractivity contribution in [2.24, 2.45) is 5.73 Å². The molecule has 3 aromatic rings. The molecular weight excluding hydrogens is 264 g/mol. The maximum absolute atomic E-state index is 11.9. The Balaban J connectivity index is 1.94. The maximum atomic E-state index is 11.9. The summed E-state index contributed by atoms with van der Waals surface area (Å²) in [5, 5.41) is 2.75. The fourth-order valence-electron chi connectivity index (χ4n) is 2.16. The number of carbonyl (C=O) groups excluding carboxylic acids is 1. The molecule has 3 N–H and O–H groups in total. The monoisotopic (exact) mass is 280 g/mol. The number of amides is 1. The highest BCUT2D eigenvalue weighted by atomic mass is 16.1. The van der Waals surface area contributed by atoms with Gasteiger partial charge in [-0.05, 0) is 12.1 Å². The largest absolute Gasteiger partial charge is 0.351 e. The lowest BCUT2D eigenvalue weighted by atomic mass is 10.2. The molecule has 5 heteroatoms. The first-order chi connectivity index (χ1) is 10.3. The molecule has 0 unspecified atom stereocenters. The van der Waals surface area contributed by atoms with E-state index in [9.17, 15) is 4.79 Å². The Morgan fingerprint density at radius 1 is 1.24 bits per heavy atom. The Kier molecular flexibility index (Phi) is 3.66. The number of aromatic nitrogens is 2. The van der Waals surface area contributed by atoms with Gasteiger partial charge in [0.25, 0.3) is 5.91 Å². The van der Waals surface area contributed by atoms with Gasteiger partial charge >= 0.3 is 0 Å². The van der Waals surface area contributed by atoms with E-state index >= 15 is 0 Å². The Morgan fingerprint density at radius 3 is 2.81 bits per heavy atom. The van der Waals surface area contributed by atoms with Crippen molar-refractivity contribution in [3.05, 3.63) is 60.4 Å². The van der Waals surface area contributed by atoms with E-state index in [2.05, 4.69) is 10.3 Å². The normalized spacial score (nSPS) is 10.7. The van der Waals surface area contributed by atoms with Gasteiger partial charge in [0.2, 0.25) is 0 Å². The van der Waals surface area contributed by atoms with Gasteiger partial charge in [0, 0.05) is 36.6 Å². The molecule has 0 bridgehead atoms. The highest BCUT2D eigenvalue weighted by Gasteiger charge is 2.08. The number of pyridine rings is 1. The molecule has 0 saturated heterocycles. The molecule has 0 atom stereocenters. The van der Waals surface area contributed by atoms with E-state index in [4.69, 9.17) is 5.73 Å². The third kappa shape index (κ3) is 2.78. The van der Waals surface area contributed by atoms with Crippen molar-refractivity contribution >= 4 is 11.6 Å². The number of hydrogen-bond acceptors (Lipinski definition) is 3. The number of nitrogens with one attached hydrogen (secondary N) is 1. The van der Waals surface area contributed by atoms with Crippen LogP contribution in [0, 0.1) is 0 Å². The van der Waals surface area contributed by atoms with Crippen LogP contribution in [0.3, 0.4) is 0 Å². The van der Waals surface area contributed by atoms with Crippen molar-refractivity contribution in [1.29, 1.82) is 0 Å². The Hall–Kier alpha value is -2.66. The van der Waals surface area contributed by atoms with E-state index in [-0.39, 0.29) is 5.91 Å². The fraction of sp³-hybridized carbons (Fsp3) is 0.125. The summed E-state index contributed by atoms with van der Waals surface area (Å²) in [4.78, 5) is 16.5. The zero-order valence-electron chi connectivity index (χ0n) is 11.5. The number of benzene rings is 1. The van der Waals surface area contributed by atoms with E-state index in [1.807, 2.05) is 47.1 Å². The van der Waals surface area contributed by atoms with Gasteiger partial charge in [-0.3, -0.25) is 4.79 Å². The number of rotatable bonds is 4. The summed E-state index contributed by atoms with van der Waals surface area (Å²) >= 11 is 0. The predicted octanol–water partition coefficient (Wildman–Crippen LogP) is 1.69. The number of fused-ring (bicyclic) bond motifs is 1. The number of hydrogen-bond donors (Lipinski definition) is 2. The van der Waals surface area contributed by atoms with Crippen molar-refractivity contribution in [1.82, 2.24) is 14.7 Å². The van der Waals surface area contributed by atoms with E-state index in [0.29, 0.717) is 18.7 Å². The van der Waals surface area contributed by atoms with Gasteiger partial charge in [-0.2, -0.15) is 0 Å². The van der Waals surface area contributed by atoms with Crippen LogP contribution in [0.25, 0.3) is 16.9 Å². The molecule has 0 fully saturated rings. The van der Waals surface area contributed by atoms with Crippen LogP contribution in [0.5, 0.6) is 0 Å². The lowest BCUT2D eigenvalue weighted by Gasteiger charge is -2.03. The second-order valence-corrected chi connectivity index (χ2v) is 4.72. The van der Waals surface area contributed by atoms with Gasteiger partial charge in [0.1, 0.15) is 5.65 Å². The minimum absolute atomic E-state index is 0.132. The van der Waals surface area contributed by atoms with Crippen LogP contribution in [-0.2, 0) is 0 Å². The van der Waals surface area contributed by atoms with Crippen molar-refractivity contribution in [3.63, 3.8) is 0 Å². The second kappa shape index (κ2) is 5.76. The van der Waals surface area contributed by atoms with E-state index in [1.165, 1.54) is 0 Å². The second-order valence-electron chi connectivity index (χ2n) is 4.72.